The third-order valence-electron chi connectivity index (χ3n) is 2.79. The molecule has 1 atom stereocenters. The van der Waals surface area contributed by atoms with E-state index in [-0.39, 0.29) is 0 Å². The molecule has 94 valence electrons. The van der Waals surface area contributed by atoms with Gasteiger partial charge in [-0.25, -0.2) is 0 Å². The summed E-state index contributed by atoms with van der Waals surface area (Å²) in [4.78, 5) is 0. The molecule has 0 aliphatic rings. The third kappa shape index (κ3) is 5.16. The van der Waals surface area contributed by atoms with Crippen molar-refractivity contribution in [2.24, 2.45) is 0 Å². The van der Waals surface area contributed by atoms with Crippen LogP contribution in [0.4, 0.5) is 0 Å². The van der Waals surface area contributed by atoms with Crippen LogP contribution in [0.1, 0.15) is 30.4 Å². The fraction of sp³-hybridized carbons (Fsp3) is 0.467. The summed E-state index contributed by atoms with van der Waals surface area (Å²) in [5.41, 5.74) is 2.60. The fourth-order valence-corrected chi connectivity index (χ4v) is 1.72. The second-order valence-electron chi connectivity index (χ2n) is 4.33. The van der Waals surface area contributed by atoms with Crippen molar-refractivity contribution >= 4 is 0 Å². The predicted octanol–water partition coefficient (Wildman–Crippen LogP) is 3.10. The van der Waals surface area contributed by atoms with Gasteiger partial charge in [0.25, 0.3) is 0 Å². The molecule has 0 aliphatic carbocycles. The Bertz CT molecular complexity index is 318. The molecule has 0 saturated heterocycles. The lowest BCUT2D eigenvalue weighted by Gasteiger charge is -2.11. The summed E-state index contributed by atoms with van der Waals surface area (Å²) < 4.78 is 5.52. The van der Waals surface area contributed by atoms with Gasteiger partial charge in [-0.3, -0.25) is 0 Å². The minimum atomic E-state index is 0.552. The Morgan fingerprint density at radius 2 is 2.06 bits per heavy atom. The van der Waals surface area contributed by atoms with E-state index >= 15 is 0 Å². The van der Waals surface area contributed by atoms with Crippen LogP contribution in [0.5, 0.6) is 0 Å². The third-order valence-corrected chi connectivity index (χ3v) is 2.79. The number of ether oxygens (including phenoxy) is 1. The van der Waals surface area contributed by atoms with E-state index in [0.29, 0.717) is 12.5 Å². The number of hydrogen-bond acceptors (Lipinski definition) is 2. The van der Waals surface area contributed by atoms with Crippen molar-refractivity contribution in [3.63, 3.8) is 0 Å². The van der Waals surface area contributed by atoms with Crippen LogP contribution < -0.4 is 5.32 Å². The van der Waals surface area contributed by atoms with Crippen molar-refractivity contribution in [2.45, 2.75) is 25.9 Å². The topological polar surface area (TPSA) is 21.3 Å². The van der Waals surface area contributed by atoms with Gasteiger partial charge in [0.2, 0.25) is 0 Å². The lowest BCUT2D eigenvalue weighted by atomic mass is 10.00. The first-order valence-electron chi connectivity index (χ1n) is 6.20. The van der Waals surface area contributed by atoms with Gasteiger partial charge in [0.1, 0.15) is 0 Å². The molecular weight excluding hydrogens is 210 g/mol. The highest BCUT2D eigenvalue weighted by atomic mass is 16.5. The monoisotopic (exact) mass is 233 g/mol. The van der Waals surface area contributed by atoms with E-state index in [1.54, 1.807) is 0 Å². The van der Waals surface area contributed by atoms with E-state index in [4.69, 9.17) is 4.74 Å². The van der Waals surface area contributed by atoms with Crippen molar-refractivity contribution < 1.29 is 4.74 Å². The highest BCUT2D eigenvalue weighted by Crippen LogP contribution is 2.15. The summed E-state index contributed by atoms with van der Waals surface area (Å²) in [5.74, 6) is 0.552. The van der Waals surface area contributed by atoms with Gasteiger partial charge in [0.05, 0.1) is 13.2 Å². The summed E-state index contributed by atoms with van der Waals surface area (Å²) in [6, 6.07) is 8.67. The minimum absolute atomic E-state index is 0.552. The zero-order valence-corrected chi connectivity index (χ0v) is 10.9. The van der Waals surface area contributed by atoms with E-state index in [9.17, 15) is 0 Å². The van der Waals surface area contributed by atoms with Crippen LogP contribution in [0, 0.1) is 0 Å². The summed E-state index contributed by atoms with van der Waals surface area (Å²) in [7, 11) is 1.98. The molecule has 0 bridgehead atoms. The average Bonchev–Trinajstić information content (AvgIpc) is 2.36. The van der Waals surface area contributed by atoms with Gasteiger partial charge in [-0.05, 0) is 30.5 Å². The lowest BCUT2D eigenvalue weighted by Crippen LogP contribution is -2.14. The Hall–Kier alpha value is -1.12. The summed E-state index contributed by atoms with van der Waals surface area (Å²) in [5, 5.41) is 3.19. The largest absolute Gasteiger partial charge is 0.376 e. The normalized spacial score (nSPS) is 12.4. The first-order valence-corrected chi connectivity index (χ1v) is 6.20. The molecule has 17 heavy (non-hydrogen) atoms. The standard InChI is InChI=1S/C15H23NO/c1-4-5-10-17-12-14-6-8-15(9-7-14)13(2)11-16-3/h4,6-9,13,16H,1,5,10-12H2,2-3H3. The maximum Gasteiger partial charge on any atom is 0.0717 e. The molecule has 0 amide bonds. The van der Waals surface area contributed by atoms with Crippen LogP contribution in [-0.2, 0) is 11.3 Å². The Morgan fingerprint density at radius 1 is 1.35 bits per heavy atom. The van der Waals surface area contributed by atoms with Crippen LogP contribution in [0.25, 0.3) is 0 Å². The SMILES string of the molecule is C=CCCOCc1ccc(C(C)CNC)cc1. The molecule has 2 nitrogen and oxygen atoms in total. The van der Waals surface area contributed by atoms with Crippen LogP contribution >= 0.6 is 0 Å². The van der Waals surface area contributed by atoms with Gasteiger partial charge in [-0.2, -0.15) is 0 Å². The fourth-order valence-electron chi connectivity index (χ4n) is 1.72. The molecule has 0 fully saturated rings. The van der Waals surface area contributed by atoms with E-state index < -0.39 is 0 Å². The molecule has 0 heterocycles. The minimum Gasteiger partial charge on any atom is -0.376 e. The molecule has 0 spiro atoms. The van der Waals surface area contributed by atoms with Crippen LogP contribution in [0.3, 0.4) is 0 Å². The maximum absolute atomic E-state index is 5.52. The van der Waals surface area contributed by atoms with Gasteiger partial charge in [0.15, 0.2) is 0 Å². The van der Waals surface area contributed by atoms with Crippen LogP contribution in [0.2, 0.25) is 0 Å². The Morgan fingerprint density at radius 3 is 2.65 bits per heavy atom. The highest BCUT2D eigenvalue weighted by molar-refractivity contribution is 5.24. The molecule has 1 rings (SSSR count). The molecule has 2 heteroatoms. The van der Waals surface area contributed by atoms with Crippen molar-refractivity contribution in [1.82, 2.24) is 5.32 Å². The smallest absolute Gasteiger partial charge is 0.0717 e. The van der Waals surface area contributed by atoms with E-state index in [1.165, 1.54) is 11.1 Å². The molecule has 1 aromatic rings. The first-order chi connectivity index (χ1) is 8.27. The van der Waals surface area contributed by atoms with Crippen molar-refractivity contribution in [3.8, 4) is 0 Å². The average molecular weight is 233 g/mol. The zero-order chi connectivity index (χ0) is 12.5. The van der Waals surface area contributed by atoms with Crippen LogP contribution in [-0.4, -0.2) is 20.2 Å². The van der Waals surface area contributed by atoms with Gasteiger partial charge < -0.3 is 10.1 Å². The molecule has 0 radical (unpaired) electrons. The highest BCUT2D eigenvalue weighted by Gasteiger charge is 2.03. The van der Waals surface area contributed by atoms with E-state index in [2.05, 4.69) is 43.1 Å². The molecule has 0 saturated carbocycles. The van der Waals surface area contributed by atoms with E-state index in [1.807, 2.05) is 13.1 Å². The van der Waals surface area contributed by atoms with Gasteiger partial charge >= 0.3 is 0 Å². The number of benzene rings is 1. The van der Waals surface area contributed by atoms with Crippen molar-refractivity contribution in [2.75, 3.05) is 20.2 Å². The molecular formula is C15H23NO. The summed E-state index contributed by atoms with van der Waals surface area (Å²) in [6.07, 6.45) is 2.79. The molecule has 0 aliphatic heterocycles. The Labute approximate surface area is 105 Å². The number of likely N-dealkylation sites (N-methyl/N-ethyl adjacent to an activating group) is 1. The summed E-state index contributed by atoms with van der Waals surface area (Å²) >= 11 is 0. The Kier molecular flexibility index (Phi) is 6.60. The predicted molar refractivity (Wildman–Crippen MR) is 73.3 cm³/mol. The van der Waals surface area contributed by atoms with Crippen LogP contribution in [0.15, 0.2) is 36.9 Å². The number of rotatable bonds is 8. The second-order valence-corrected chi connectivity index (χ2v) is 4.33. The molecule has 1 aromatic carbocycles. The van der Waals surface area contributed by atoms with Crippen molar-refractivity contribution in [3.05, 3.63) is 48.0 Å². The summed E-state index contributed by atoms with van der Waals surface area (Å²) in [6.45, 7) is 8.35. The van der Waals surface area contributed by atoms with Crippen molar-refractivity contribution in [1.29, 1.82) is 0 Å². The number of nitrogens with one attached hydrogen (secondary N) is 1. The molecule has 0 aromatic heterocycles. The second kappa shape index (κ2) is 8.04. The van der Waals surface area contributed by atoms with Gasteiger partial charge in [-0.1, -0.05) is 37.3 Å². The zero-order valence-electron chi connectivity index (χ0n) is 10.9. The maximum atomic E-state index is 5.52. The molecule has 1 unspecified atom stereocenters. The number of hydrogen-bond donors (Lipinski definition) is 1. The quantitative estimate of drug-likeness (QED) is 0.550. The van der Waals surface area contributed by atoms with E-state index in [0.717, 1.165) is 19.6 Å². The van der Waals surface area contributed by atoms with Gasteiger partial charge in [-0.15, -0.1) is 6.58 Å². The van der Waals surface area contributed by atoms with Gasteiger partial charge in [0, 0.05) is 6.54 Å². The Balaban J connectivity index is 2.41. The molecule has 1 N–H and O–H groups in total. The first kappa shape index (κ1) is 13.9. The lowest BCUT2D eigenvalue weighted by molar-refractivity contribution is 0.125.